The van der Waals surface area contributed by atoms with Gasteiger partial charge in [0.15, 0.2) is 0 Å². The third-order valence-corrected chi connectivity index (χ3v) is 5.61. The first kappa shape index (κ1) is 14.7. The van der Waals surface area contributed by atoms with Crippen LogP contribution in [0, 0.1) is 6.92 Å². The monoisotopic (exact) mass is 306 g/mol. The molecule has 2 nitrogen and oxygen atoms in total. The Bertz CT molecular complexity index is 665. The molecule has 2 aliphatic rings. The third kappa shape index (κ3) is 2.87. The molecule has 0 spiro atoms. The molecule has 1 aromatic heterocycles. The Morgan fingerprint density at radius 1 is 1.09 bits per heavy atom. The number of hydrogen-bond donors (Lipinski definition) is 0. The molecule has 0 unspecified atom stereocenters. The van der Waals surface area contributed by atoms with Crippen molar-refractivity contribution in [2.24, 2.45) is 0 Å². The quantitative estimate of drug-likeness (QED) is 0.804. The number of fused-ring (bicyclic) bond motifs is 3. The molecule has 1 fully saturated rings. The largest absolute Gasteiger partial charge is 0.367 e. The summed E-state index contributed by atoms with van der Waals surface area (Å²) < 4.78 is 0. The zero-order valence-corrected chi connectivity index (χ0v) is 14.0. The van der Waals surface area contributed by atoms with Gasteiger partial charge in [0.25, 0.3) is 0 Å². The Labute approximate surface area is 139 Å². The number of hydrogen-bond acceptors (Lipinski definition) is 2. The van der Waals surface area contributed by atoms with Crippen LogP contribution < -0.4 is 4.90 Å². The molecule has 0 bridgehead atoms. The molecule has 0 N–H and O–H groups in total. The first-order valence-corrected chi connectivity index (χ1v) is 9.10. The molecule has 2 aromatic rings. The second-order valence-electron chi connectivity index (χ2n) is 7.14. The normalized spacial score (nSPS) is 23.3. The van der Waals surface area contributed by atoms with E-state index in [4.69, 9.17) is 0 Å². The molecule has 4 rings (SSSR count). The lowest BCUT2D eigenvalue weighted by atomic mass is 9.90. The van der Waals surface area contributed by atoms with E-state index in [2.05, 4.69) is 47.1 Å². The molecule has 2 heterocycles. The van der Waals surface area contributed by atoms with Crippen molar-refractivity contribution in [2.75, 3.05) is 11.4 Å². The molecule has 120 valence electrons. The summed E-state index contributed by atoms with van der Waals surface area (Å²) in [6.07, 6.45) is 9.84. The average Bonchev–Trinajstić information content (AvgIpc) is 2.73. The molecule has 1 saturated carbocycles. The van der Waals surface area contributed by atoms with Gasteiger partial charge in [0.1, 0.15) is 0 Å². The van der Waals surface area contributed by atoms with Gasteiger partial charge in [0.2, 0.25) is 0 Å². The van der Waals surface area contributed by atoms with E-state index in [1.165, 1.54) is 49.0 Å². The summed E-state index contributed by atoms with van der Waals surface area (Å²) in [5, 5.41) is 0. The minimum absolute atomic E-state index is 0.706. The minimum Gasteiger partial charge on any atom is -0.367 e. The fraction of sp³-hybridized carbons (Fsp3) is 0.476. The summed E-state index contributed by atoms with van der Waals surface area (Å²) in [4.78, 5) is 7.20. The van der Waals surface area contributed by atoms with Crippen molar-refractivity contribution in [3.8, 4) is 0 Å². The van der Waals surface area contributed by atoms with Crippen LogP contribution in [-0.2, 0) is 6.42 Å². The summed E-state index contributed by atoms with van der Waals surface area (Å²) in [7, 11) is 0. The molecule has 0 amide bonds. The van der Waals surface area contributed by atoms with Gasteiger partial charge in [-0.1, -0.05) is 43.0 Å². The molecular formula is C21H26N2. The van der Waals surface area contributed by atoms with Crippen molar-refractivity contribution in [1.82, 2.24) is 4.98 Å². The van der Waals surface area contributed by atoms with Crippen molar-refractivity contribution in [1.29, 1.82) is 0 Å². The zero-order chi connectivity index (χ0) is 15.6. The molecule has 2 atom stereocenters. The Kier molecular flexibility index (Phi) is 4.07. The average molecular weight is 306 g/mol. The van der Waals surface area contributed by atoms with E-state index in [0.717, 1.165) is 18.9 Å². The Morgan fingerprint density at radius 2 is 2.00 bits per heavy atom. The van der Waals surface area contributed by atoms with Gasteiger partial charge in [-0.2, -0.15) is 0 Å². The van der Waals surface area contributed by atoms with Crippen LogP contribution in [0.25, 0.3) is 0 Å². The van der Waals surface area contributed by atoms with Crippen LogP contribution in [0.3, 0.4) is 0 Å². The van der Waals surface area contributed by atoms with Crippen molar-refractivity contribution >= 4 is 5.69 Å². The summed E-state index contributed by atoms with van der Waals surface area (Å²) in [5.74, 6) is 0.746. The van der Waals surface area contributed by atoms with Gasteiger partial charge in [0.05, 0.1) is 0 Å². The molecule has 2 heteroatoms. The van der Waals surface area contributed by atoms with E-state index in [-0.39, 0.29) is 0 Å². The van der Waals surface area contributed by atoms with Crippen LogP contribution >= 0.6 is 0 Å². The lowest BCUT2D eigenvalue weighted by molar-refractivity contribution is 0.498. The molecular weight excluding hydrogens is 280 g/mol. The molecule has 0 radical (unpaired) electrons. The van der Waals surface area contributed by atoms with E-state index in [1.807, 2.05) is 12.3 Å². The first-order valence-electron chi connectivity index (χ1n) is 9.10. The van der Waals surface area contributed by atoms with E-state index in [1.54, 1.807) is 5.56 Å². The Morgan fingerprint density at radius 3 is 2.87 bits per heavy atom. The predicted molar refractivity (Wildman–Crippen MR) is 96.1 cm³/mol. The van der Waals surface area contributed by atoms with Gasteiger partial charge >= 0.3 is 0 Å². The van der Waals surface area contributed by atoms with Gasteiger partial charge in [-0.05, 0) is 43.5 Å². The van der Waals surface area contributed by atoms with Gasteiger partial charge in [-0.15, -0.1) is 0 Å². The van der Waals surface area contributed by atoms with E-state index in [9.17, 15) is 0 Å². The molecule has 1 aliphatic carbocycles. The summed E-state index contributed by atoms with van der Waals surface area (Å²) in [6, 6.07) is 14.0. The maximum Gasteiger partial charge on any atom is 0.0421 e. The van der Waals surface area contributed by atoms with E-state index < -0.39 is 0 Å². The highest BCUT2D eigenvalue weighted by atomic mass is 15.2. The summed E-state index contributed by atoms with van der Waals surface area (Å²) in [5.41, 5.74) is 5.71. The van der Waals surface area contributed by atoms with Gasteiger partial charge in [-0.3, -0.25) is 4.98 Å². The molecule has 23 heavy (non-hydrogen) atoms. The van der Waals surface area contributed by atoms with Gasteiger partial charge in [-0.25, -0.2) is 0 Å². The number of rotatable bonds is 3. The molecule has 1 aliphatic heterocycles. The van der Waals surface area contributed by atoms with Crippen molar-refractivity contribution in [3.63, 3.8) is 0 Å². The van der Waals surface area contributed by atoms with Crippen LogP contribution in [0.2, 0.25) is 0 Å². The number of pyridine rings is 1. The van der Waals surface area contributed by atoms with E-state index >= 15 is 0 Å². The van der Waals surface area contributed by atoms with Gasteiger partial charge in [0, 0.05) is 42.5 Å². The highest BCUT2D eigenvalue weighted by Crippen LogP contribution is 2.47. The molecule has 1 aromatic carbocycles. The van der Waals surface area contributed by atoms with Crippen molar-refractivity contribution in [3.05, 3.63) is 59.4 Å². The topological polar surface area (TPSA) is 16.1 Å². The lowest BCUT2D eigenvalue weighted by Gasteiger charge is -2.29. The van der Waals surface area contributed by atoms with Crippen molar-refractivity contribution < 1.29 is 0 Å². The molecule has 0 saturated heterocycles. The number of benzene rings is 1. The number of aryl methyl sites for hydroxylation is 1. The smallest absolute Gasteiger partial charge is 0.0421 e. The fourth-order valence-corrected chi connectivity index (χ4v) is 4.50. The SMILES string of the molecule is Cc1ccc2c(c1)[C@@H]1CCCCC[C@@H]1N2CCc1ccccn1. The fourth-order valence-electron chi connectivity index (χ4n) is 4.50. The first-order chi connectivity index (χ1) is 11.3. The number of anilines is 1. The summed E-state index contributed by atoms with van der Waals surface area (Å²) >= 11 is 0. The highest BCUT2D eigenvalue weighted by molar-refractivity contribution is 5.63. The second kappa shape index (κ2) is 6.35. The zero-order valence-electron chi connectivity index (χ0n) is 14.0. The van der Waals surface area contributed by atoms with E-state index in [0.29, 0.717) is 6.04 Å². The lowest BCUT2D eigenvalue weighted by Crippen LogP contribution is -2.35. The summed E-state index contributed by atoms with van der Waals surface area (Å²) in [6.45, 7) is 3.32. The number of aromatic nitrogens is 1. The highest BCUT2D eigenvalue weighted by Gasteiger charge is 2.38. The number of nitrogens with zero attached hydrogens (tertiary/aromatic N) is 2. The van der Waals surface area contributed by atoms with Crippen LogP contribution in [0.5, 0.6) is 0 Å². The minimum atomic E-state index is 0.706. The van der Waals surface area contributed by atoms with Crippen LogP contribution in [0.1, 0.15) is 54.8 Å². The van der Waals surface area contributed by atoms with Gasteiger partial charge < -0.3 is 4.90 Å². The maximum absolute atomic E-state index is 4.51. The van der Waals surface area contributed by atoms with Crippen LogP contribution in [0.15, 0.2) is 42.6 Å². The predicted octanol–water partition coefficient (Wildman–Crippen LogP) is 4.87. The van der Waals surface area contributed by atoms with Crippen molar-refractivity contribution in [2.45, 2.75) is 57.4 Å². The maximum atomic E-state index is 4.51. The Balaban J connectivity index is 1.62. The third-order valence-electron chi connectivity index (χ3n) is 5.61. The standard InChI is InChI=1S/C21H26N2/c1-16-10-11-21-19(15-16)18-8-3-2-4-9-20(18)23(21)14-12-17-7-5-6-13-22-17/h5-7,10-11,13,15,18,20H,2-4,8-9,12,14H2,1H3/t18-,20-/m0/s1. The second-order valence-corrected chi connectivity index (χ2v) is 7.14. The van der Waals surface area contributed by atoms with Crippen LogP contribution in [-0.4, -0.2) is 17.6 Å². The Hall–Kier alpha value is -1.83. The van der Waals surface area contributed by atoms with Crippen LogP contribution in [0.4, 0.5) is 5.69 Å².